The molecule has 74 valence electrons. The molecule has 0 aliphatic rings. The van der Waals surface area contributed by atoms with Crippen molar-refractivity contribution >= 4 is 16.7 Å². The van der Waals surface area contributed by atoms with Gasteiger partial charge in [-0.25, -0.2) is 4.21 Å². The summed E-state index contributed by atoms with van der Waals surface area (Å²) < 4.78 is 19.5. The van der Waals surface area contributed by atoms with Crippen LogP contribution in [0, 0.1) is 0 Å². The van der Waals surface area contributed by atoms with Crippen LogP contribution < -0.4 is 0 Å². The van der Waals surface area contributed by atoms with E-state index in [9.17, 15) is 4.21 Å². The molecule has 0 saturated carbocycles. The SMILES string of the molecule is C=C/C(=C\C)c1ccc(S(=O)O)cc1. The smallest absolute Gasteiger partial charge is 0.186 e. The zero-order valence-electron chi connectivity index (χ0n) is 7.93. The van der Waals surface area contributed by atoms with Crippen molar-refractivity contribution in [2.75, 3.05) is 0 Å². The summed E-state index contributed by atoms with van der Waals surface area (Å²) in [5, 5.41) is 0. The Labute approximate surface area is 86.3 Å². The van der Waals surface area contributed by atoms with Crippen molar-refractivity contribution in [3.8, 4) is 0 Å². The summed E-state index contributed by atoms with van der Waals surface area (Å²) >= 11 is -1.90. The highest BCUT2D eigenvalue weighted by Crippen LogP contribution is 2.16. The number of allylic oxidation sites excluding steroid dienone is 3. The second-order valence-electron chi connectivity index (χ2n) is 2.72. The highest BCUT2D eigenvalue weighted by Gasteiger charge is 2.00. The topological polar surface area (TPSA) is 37.3 Å². The van der Waals surface area contributed by atoms with E-state index in [0.29, 0.717) is 4.90 Å². The molecule has 3 heteroatoms. The third-order valence-corrected chi connectivity index (χ3v) is 2.60. The molecule has 0 aliphatic carbocycles. The second kappa shape index (κ2) is 4.88. The molecule has 1 N–H and O–H groups in total. The van der Waals surface area contributed by atoms with E-state index in [0.717, 1.165) is 11.1 Å². The van der Waals surface area contributed by atoms with Gasteiger partial charge in [-0.15, -0.1) is 0 Å². The lowest BCUT2D eigenvalue weighted by Gasteiger charge is -2.01. The normalized spacial score (nSPS) is 13.7. The molecule has 0 heterocycles. The first kappa shape index (κ1) is 10.9. The van der Waals surface area contributed by atoms with E-state index >= 15 is 0 Å². The Bertz CT molecular complexity index is 377. The van der Waals surface area contributed by atoms with Gasteiger partial charge in [0.2, 0.25) is 0 Å². The van der Waals surface area contributed by atoms with Crippen molar-refractivity contribution in [1.29, 1.82) is 0 Å². The van der Waals surface area contributed by atoms with Crippen molar-refractivity contribution in [1.82, 2.24) is 0 Å². The predicted octanol–water partition coefficient (Wildman–Crippen LogP) is 2.86. The Balaban J connectivity index is 3.05. The molecule has 1 aromatic carbocycles. The average Bonchev–Trinajstić information content (AvgIpc) is 2.20. The van der Waals surface area contributed by atoms with E-state index in [2.05, 4.69) is 6.58 Å². The molecule has 0 spiro atoms. The molecular formula is C11H12O2S. The molecule has 1 atom stereocenters. The monoisotopic (exact) mass is 208 g/mol. The lowest BCUT2D eigenvalue weighted by Crippen LogP contribution is -1.88. The molecule has 1 unspecified atom stereocenters. The van der Waals surface area contributed by atoms with Crippen LogP contribution in [0.25, 0.3) is 5.57 Å². The number of hydrogen-bond donors (Lipinski definition) is 1. The summed E-state index contributed by atoms with van der Waals surface area (Å²) in [4.78, 5) is 0.410. The highest BCUT2D eigenvalue weighted by atomic mass is 32.2. The first-order chi connectivity index (χ1) is 6.69. The van der Waals surface area contributed by atoms with Crippen molar-refractivity contribution in [3.05, 3.63) is 48.6 Å². The molecule has 0 radical (unpaired) electrons. The maximum Gasteiger partial charge on any atom is 0.186 e. The standard InChI is InChI=1S/C11H12O2S/c1-3-9(4-2)10-5-7-11(8-6-10)14(12)13/h3-8H,1H2,2H3,(H,12,13)/b9-4+. The van der Waals surface area contributed by atoms with Gasteiger partial charge in [0.1, 0.15) is 0 Å². The van der Waals surface area contributed by atoms with Crippen LogP contribution in [0.4, 0.5) is 0 Å². The highest BCUT2D eigenvalue weighted by molar-refractivity contribution is 7.79. The van der Waals surface area contributed by atoms with Crippen molar-refractivity contribution in [2.45, 2.75) is 11.8 Å². The Morgan fingerprint density at radius 2 is 2.00 bits per heavy atom. The second-order valence-corrected chi connectivity index (χ2v) is 3.69. The third-order valence-electron chi connectivity index (χ3n) is 1.92. The number of hydrogen-bond acceptors (Lipinski definition) is 1. The van der Waals surface area contributed by atoms with Gasteiger partial charge in [0.05, 0.1) is 4.90 Å². The van der Waals surface area contributed by atoms with Crippen molar-refractivity contribution < 1.29 is 8.76 Å². The number of rotatable bonds is 3. The minimum atomic E-state index is -1.90. The Morgan fingerprint density at radius 1 is 1.43 bits per heavy atom. The van der Waals surface area contributed by atoms with Gasteiger partial charge < -0.3 is 4.55 Å². The van der Waals surface area contributed by atoms with Gasteiger partial charge >= 0.3 is 0 Å². The maximum absolute atomic E-state index is 10.7. The zero-order chi connectivity index (χ0) is 10.6. The fourth-order valence-electron chi connectivity index (χ4n) is 1.17. The van der Waals surface area contributed by atoms with E-state index in [4.69, 9.17) is 4.55 Å². The minimum Gasteiger partial charge on any atom is -0.302 e. The van der Waals surface area contributed by atoms with Crippen LogP contribution in [0.5, 0.6) is 0 Å². The first-order valence-electron chi connectivity index (χ1n) is 4.19. The largest absolute Gasteiger partial charge is 0.302 e. The molecule has 1 aromatic rings. The Kier molecular flexibility index (Phi) is 3.80. The molecule has 14 heavy (non-hydrogen) atoms. The van der Waals surface area contributed by atoms with E-state index in [1.165, 1.54) is 0 Å². The van der Waals surface area contributed by atoms with Gasteiger partial charge in [-0.3, -0.25) is 0 Å². The lowest BCUT2D eigenvalue weighted by atomic mass is 10.1. The van der Waals surface area contributed by atoms with Gasteiger partial charge in [0.25, 0.3) is 0 Å². The van der Waals surface area contributed by atoms with Crippen LogP contribution in [-0.2, 0) is 11.1 Å². The molecule has 0 aliphatic heterocycles. The van der Waals surface area contributed by atoms with E-state index in [1.54, 1.807) is 30.3 Å². The zero-order valence-corrected chi connectivity index (χ0v) is 8.75. The van der Waals surface area contributed by atoms with Crippen LogP contribution in [0.3, 0.4) is 0 Å². The Hall–Kier alpha value is -1.19. The molecular weight excluding hydrogens is 196 g/mol. The molecule has 0 fully saturated rings. The first-order valence-corrected chi connectivity index (χ1v) is 5.29. The predicted molar refractivity (Wildman–Crippen MR) is 59.3 cm³/mol. The van der Waals surface area contributed by atoms with E-state index < -0.39 is 11.1 Å². The van der Waals surface area contributed by atoms with Crippen molar-refractivity contribution in [3.63, 3.8) is 0 Å². The van der Waals surface area contributed by atoms with Gasteiger partial charge in [-0.1, -0.05) is 30.9 Å². The van der Waals surface area contributed by atoms with Gasteiger partial charge in [-0.2, -0.15) is 0 Å². The fourth-order valence-corrected chi connectivity index (χ4v) is 1.54. The Morgan fingerprint density at radius 3 is 2.36 bits per heavy atom. The number of benzene rings is 1. The molecule has 0 saturated heterocycles. The minimum absolute atomic E-state index is 0.410. The summed E-state index contributed by atoms with van der Waals surface area (Å²) in [7, 11) is 0. The molecule has 0 bridgehead atoms. The third kappa shape index (κ3) is 2.40. The van der Waals surface area contributed by atoms with Crippen molar-refractivity contribution in [2.24, 2.45) is 0 Å². The molecule has 2 nitrogen and oxygen atoms in total. The summed E-state index contributed by atoms with van der Waals surface area (Å²) in [6.45, 7) is 5.61. The average molecular weight is 208 g/mol. The maximum atomic E-state index is 10.7. The van der Waals surface area contributed by atoms with Crippen LogP contribution in [-0.4, -0.2) is 8.76 Å². The van der Waals surface area contributed by atoms with Gasteiger partial charge in [-0.05, 0) is 30.2 Å². The van der Waals surface area contributed by atoms with Crippen LogP contribution >= 0.6 is 0 Å². The summed E-state index contributed by atoms with van der Waals surface area (Å²) in [5.74, 6) is 0. The van der Waals surface area contributed by atoms with Crippen LogP contribution in [0.1, 0.15) is 12.5 Å². The quantitative estimate of drug-likeness (QED) is 0.612. The molecule has 1 rings (SSSR count). The van der Waals surface area contributed by atoms with E-state index in [1.807, 2.05) is 13.0 Å². The summed E-state index contributed by atoms with van der Waals surface area (Å²) in [6, 6.07) is 6.89. The lowest BCUT2D eigenvalue weighted by molar-refractivity contribution is 0.564. The van der Waals surface area contributed by atoms with Gasteiger partial charge in [0, 0.05) is 0 Å². The molecule has 0 aromatic heterocycles. The van der Waals surface area contributed by atoms with E-state index in [-0.39, 0.29) is 0 Å². The summed E-state index contributed by atoms with van der Waals surface area (Å²) in [6.07, 6.45) is 3.70. The fraction of sp³-hybridized carbons (Fsp3) is 0.0909. The van der Waals surface area contributed by atoms with Crippen LogP contribution in [0.2, 0.25) is 0 Å². The molecule has 0 amide bonds. The summed E-state index contributed by atoms with van der Waals surface area (Å²) in [5.41, 5.74) is 2.01. The van der Waals surface area contributed by atoms with Crippen LogP contribution in [0.15, 0.2) is 47.9 Å². The van der Waals surface area contributed by atoms with Gasteiger partial charge in [0.15, 0.2) is 11.1 Å².